The number of phenols is 1. The van der Waals surface area contributed by atoms with Crippen molar-refractivity contribution in [3.63, 3.8) is 0 Å². The standard InChI is InChI=1S/C18H22N2O6/c1-8(2)20-15(22)11-12(16(20)23)18(3,17(24)25)19-13(11)9-6-5-7-10(26-4)14(9)21/h5-8,11-13,19,21H,1-4H3,(H,24,25)/t11-,12+,13-,18+/m0/s1. The SMILES string of the molecule is COc1cccc([C@@H]2[NH2+][C@@](C)(C(=O)[O-])[C@H]3C(=O)N(C(C)C)C(=O)[C@H]23)c1O. The molecule has 3 N–H and O–H groups in total. The van der Waals surface area contributed by atoms with Crippen LogP contribution in [0.1, 0.15) is 32.4 Å². The zero-order valence-electron chi connectivity index (χ0n) is 15.1. The van der Waals surface area contributed by atoms with Crippen LogP contribution < -0.4 is 15.2 Å². The molecule has 8 heteroatoms. The van der Waals surface area contributed by atoms with Crippen LogP contribution in [0.25, 0.3) is 0 Å². The van der Waals surface area contributed by atoms with Crippen molar-refractivity contribution in [2.75, 3.05) is 7.11 Å². The van der Waals surface area contributed by atoms with Crippen LogP contribution in [-0.4, -0.2) is 46.5 Å². The highest BCUT2D eigenvalue weighted by atomic mass is 16.5. The van der Waals surface area contributed by atoms with Crippen molar-refractivity contribution >= 4 is 17.8 Å². The van der Waals surface area contributed by atoms with Crippen LogP contribution >= 0.6 is 0 Å². The number of carboxylic acid groups (broad SMARTS) is 1. The van der Waals surface area contributed by atoms with E-state index in [-0.39, 0.29) is 17.5 Å². The molecule has 140 valence electrons. The number of aromatic hydroxyl groups is 1. The second-order valence-corrected chi connectivity index (χ2v) is 7.30. The quantitative estimate of drug-likeness (QED) is 0.631. The Morgan fingerprint density at radius 2 is 2.00 bits per heavy atom. The number of likely N-dealkylation sites (tertiary alicyclic amines) is 1. The minimum absolute atomic E-state index is 0.166. The van der Waals surface area contributed by atoms with E-state index in [9.17, 15) is 24.6 Å². The first-order valence-corrected chi connectivity index (χ1v) is 8.45. The third-order valence-electron chi connectivity index (χ3n) is 5.51. The third-order valence-corrected chi connectivity index (χ3v) is 5.51. The van der Waals surface area contributed by atoms with Crippen LogP contribution in [0.4, 0.5) is 0 Å². The second kappa shape index (κ2) is 5.98. The van der Waals surface area contributed by atoms with Crippen molar-refractivity contribution < 1.29 is 34.7 Å². The number of nitrogens with two attached hydrogens (primary N) is 1. The van der Waals surface area contributed by atoms with Crippen molar-refractivity contribution in [1.29, 1.82) is 0 Å². The fourth-order valence-electron chi connectivity index (χ4n) is 4.25. The predicted octanol–water partition coefficient (Wildman–Crippen LogP) is -1.46. The van der Waals surface area contributed by atoms with Gasteiger partial charge in [-0.05, 0) is 32.9 Å². The number of ether oxygens (including phenoxy) is 1. The molecule has 26 heavy (non-hydrogen) atoms. The number of carbonyl (C=O) groups is 3. The van der Waals surface area contributed by atoms with Crippen molar-refractivity contribution in [2.24, 2.45) is 11.8 Å². The molecule has 1 aromatic rings. The number of nitrogens with zero attached hydrogens (tertiary/aromatic N) is 1. The molecule has 4 atom stereocenters. The zero-order valence-corrected chi connectivity index (χ0v) is 15.1. The van der Waals surface area contributed by atoms with Gasteiger partial charge in [-0.3, -0.25) is 14.5 Å². The largest absolute Gasteiger partial charge is 0.544 e. The number of fused-ring (bicyclic) bond motifs is 1. The van der Waals surface area contributed by atoms with Gasteiger partial charge in [-0.25, -0.2) is 0 Å². The molecular formula is C18H22N2O6. The molecule has 8 nitrogen and oxygen atoms in total. The Labute approximate surface area is 150 Å². The maximum Gasteiger partial charge on any atom is 0.240 e. The average Bonchev–Trinajstić information content (AvgIpc) is 3.02. The zero-order chi connectivity index (χ0) is 19.4. The summed E-state index contributed by atoms with van der Waals surface area (Å²) in [6.07, 6.45) is 0. The number of quaternary nitrogens is 1. The molecular weight excluding hydrogens is 340 g/mol. The van der Waals surface area contributed by atoms with E-state index in [1.807, 2.05) is 0 Å². The number of phenolic OH excluding ortho intramolecular Hbond substituents is 1. The van der Waals surface area contributed by atoms with Crippen LogP contribution in [0.3, 0.4) is 0 Å². The van der Waals surface area contributed by atoms with Crippen molar-refractivity contribution in [3.8, 4) is 11.5 Å². The van der Waals surface area contributed by atoms with E-state index in [0.717, 1.165) is 4.90 Å². The van der Waals surface area contributed by atoms with Gasteiger partial charge < -0.3 is 25.1 Å². The molecule has 3 rings (SSSR count). The molecule has 0 aromatic heterocycles. The van der Waals surface area contributed by atoms with E-state index in [1.54, 1.807) is 32.0 Å². The van der Waals surface area contributed by atoms with E-state index < -0.39 is 41.2 Å². The van der Waals surface area contributed by atoms with Gasteiger partial charge >= 0.3 is 0 Å². The van der Waals surface area contributed by atoms with Gasteiger partial charge in [-0.2, -0.15) is 0 Å². The molecule has 0 saturated carbocycles. The molecule has 2 aliphatic heterocycles. The van der Waals surface area contributed by atoms with E-state index in [1.165, 1.54) is 19.4 Å². The molecule has 0 radical (unpaired) electrons. The number of benzene rings is 1. The normalized spacial score (nSPS) is 30.8. The Bertz CT molecular complexity index is 792. The van der Waals surface area contributed by atoms with Gasteiger partial charge in [-0.1, -0.05) is 6.07 Å². The highest BCUT2D eigenvalue weighted by Crippen LogP contribution is 2.47. The minimum Gasteiger partial charge on any atom is -0.544 e. The second-order valence-electron chi connectivity index (χ2n) is 7.30. The lowest BCUT2D eigenvalue weighted by molar-refractivity contribution is -0.735. The number of amides is 2. The Morgan fingerprint density at radius 1 is 1.35 bits per heavy atom. The molecule has 2 heterocycles. The lowest BCUT2D eigenvalue weighted by Gasteiger charge is -2.30. The Kier molecular flexibility index (Phi) is 4.18. The van der Waals surface area contributed by atoms with Crippen LogP contribution in [0.5, 0.6) is 11.5 Å². The Morgan fingerprint density at radius 3 is 2.54 bits per heavy atom. The number of para-hydroxylation sites is 1. The fraction of sp³-hybridized carbons (Fsp3) is 0.500. The number of carbonyl (C=O) groups excluding carboxylic acids is 3. The summed E-state index contributed by atoms with van der Waals surface area (Å²) < 4.78 is 5.11. The molecule has 0 aliphatic carbocycles. The smallest absolute Gasteiger partial charge is 0.240 e. The summed E-state index contributed by atoms with van der Waals surface area (Å²) in [5, 5.41) is 23.8. The molecule has 2 aliphatic rings. The van der Waals surface area contributed by atoms with Gasteiger partial charge in [0.15, 0.2) is 11.5 Å². The van der Waals surface area contributed by atoms with Gasteiger partial charge in [0.2, 0.25) is 11.8 Å². The minimum atomic E-state index is -1.61. The lowest BCUT2D eigenvalue weighted by atomic mass is 9.80. The van der Waals surface area contributed by atoms with E-state index in [0.29, 0.717) is 5.56 Å². The molecule has 0 unspecified atom stereocenters. The summed E-state index contributed by atoms with van der Waals surface area (Å²) in [6.45, 7) is 4.80. The van der Waals surface area contributed by atoms with Gasteiger partial charge in [0.1, 0.15) is 29.4 Å². The molecule has 1 aromatic carbocycles. The van der Waals surface area contributed by atoms with Crippen LogP contribution in [0, 0.1) is 11.8 Å². The van der Waals surface area contributed by atoms with E-state index in [4.69, 9.17) is 4.74 Å². The lowest BCUT2D eigenvalue weighted by Crippen LogP contribution is -2.98. The van der Waals surface area contributed by atoms with Crippen molar-refractivity contribution in [2.45, 2.75) is 38.4 Å². The summed E-state index contributed by atoms with van der Waals surface area (Å²) in [5.41, 5.74) is -1.25. The van der Waals surface area contributed by atoms with Gasteiger partial charge in [0.25, 0.3) is 0 Å². The highest BCUT2D eigenvalue weighted by Gasteiger charge is 2.68. The number of methoxy groups -OCH3 is 1. The van der Waals surface area contributed by atoms with Crippen molar-refractivity contribution in [1.82, 2.24) is 4.90 Å². The first kappa shape index (κ1) is 18.2. The molecule has 0 spiro atoms. The average molecular weight is 362 g/mol. The summed E-state index contributed by atoms with van der Waals surface area (Å²) in [5.74, 6) is -4.26. The number of imide groups is 1. The van der Waals surface area contributed by atoms with Gasteiger partial charge in [0, 0.05) is 6.04 Å². The topological polar surface area (TPSA) is 124 Å². The predicted molar refractivity (Wildman–Crippen MR) is 86.7 cm³/mol. The van der Waals surface area contributed by atoms with Gasteiger partial charge in [0.05, 0.1) is 12.7 Å². The van der Waals surface area contributed by atoms with E-state index in [2.05, 4.69) is 0 Å². The van der Waals surface area contributed by atoms with Crippen molar-refractivity contribution in [3.05, 3.63) is 23.8 Å². The summed E-state index contributed by atoms with van der Waals surface area (Å²) >= 11 is 0. The number of carboxylic acids is 1. The number of aliphatic carboxylic acids is 1. The molecule has 2 saturated heterocycles. The van der Waals surface area contributed by atoms with Crippen LogP contribution in [0.15, 0.2) is 18.2 Å². The maximum atomic E-state index is 13.0. The Hall–Kier alpha value is -2.61. The molecule has 2 fully saturated rings. The van der Waals surface area contributed by atoms with E-state index >= 15 is 0 Å². The first-order chi connectivity index (χ1) is 12.1. The monoisotopic (exact) mass is 362 g/mol. The fourth-order valence-corrected chi connectivity index (χ4v) is 4.25. The molecule has 2 amide bonds. The maximum absolute atomic E-state index is 13.0. The number of hydrogen-bond donors (Lipinski definition) is 2. The number of rotatable bonds is 4. The van der Waals surface area contributed by atoms with Crippen LogP contribution in [-0.2, 0) is 14.4 Å². The first-order valence-electron chi connectivity index (χ1n) is 8.45. The summed E-state index contributed by atoms with van der Waals surface area (Å²) in [7, 11) is 1.40. The van der Waals surface area contributed by atoms with Crippen LogP contribution in [0.2, 0.25) is 0 Å². The van der Waals surface area contributed by atoms with Gasteiger partial charge in [-0.15, -0.1) is 0 Å². The molecule has 0 bridgehead atoms. The number of hydrogen-bond acceptors (Lipinski definition) is 6. The third kappa shape index (κ3) is 2.28. The summed E-state index contributed by atoms with van der Waals surface area (Å²) in [6, 6.07) is 3.69. The summed E-state index contributed by atoms with van der Waals surface area (Å²) in [4.78, 5) is 38.8. The highest BCUT2D eigenvalue weighted by molar-refractivity contribution is 6.08. The Balaban J connectivity index is 2.16.